The molecule has 4 heteroatoms. The minimum absolute atomic E-state index is 0.142. The summed E-state index contributed by atoms with van der Waals surface area (Å²) >= 11 is 0. The lowest BCUT2D eigenvalue weighted by atomic mass is 9.64. The van der Waals surface area contributed by atoms with Gasteiger partial charge in [-0.3, -0.25) is 4.79 Å². The summed E-state index contributed by atoms with van der Waals surface area (Å²) in [6.07, 6.45) is 1.73. The molecule has 0 radical (unpaired) electrons. The van der Waals surface area contributed by atoms with Gasteiger partial charge in [0.1, 0.15) is 5.41 Å². The molecule has 2 atom stereocenters. The maximum atomic E-state index is 13.0. The van der Waals surface area contributed by atoms with E-state index in [1.165, 1.54) is 0 Å². The summed E-state index contributed by atoms with van der Waals surface area (Å²) in [5.41, 5.74) is 2.49. The lowest BCUT2D eigenvalue weighted by Crippen LogP contribution is -2.46. The summed E-state index contributed by atoms with van der Waals surface area (Å²) in [7, 11) is 0. The number of carbonyl (C=O) groups is 1. The first kappa shape index (κ1) is 14.6. The van der Waals surface area contributed by atoms with Gasteiger partial charge in [0.15, 0.2) is 0 Å². The summed E-state index contributed by atoms with van der Waals surface area (Å²) < 4.78 is 5.49. The normalized spacial score (nSPS) is 30.4. The Bertz CT molecular complexity index is 829. The zero-order valence-corrected chi connectivity index (χ0v) is 14.1. The van der Waals surface area contributed by atoms with Gasteiger partial charge in [0.25, 0.3) is 0 Å². The highest BCUT2D eigenvalue weighted by Crippen LogP contribution is 2.70. The SMILES string of the molecule is CCOC(=O)[C@]12CC[C@](C)(c3nc4ccccc4nc31)C2(C)C. The van der Waals surface area contributed by atoms with Gasteiger partial charge in [-0.15, -0.1) is 0 Å². The van der Waals surface area contributed by atoms with Crippen LogP contribution < -0.4 is 0 Å². The summed E-state index contributed by atoms with van der Waals surface area (Å²) in [5, 5.41) is 0. The van der Waals surface area contributed by atoms with Gasteiger partial charge < -0.3 is 4.74 Å². The summed E-state index contributed by atoms with van der Waals surface area (Å²) in [6, 6.07) is 7.89. The van der Waals surface area contributed by atoms with Gasteiger partial charge in [0.2, 0.25) is 0 Å². The standard InChI is InChI=1S/C19H22N2O2/c1-5-23-16(22)19-11-10-18(4,17(19,2)3)14-15(19)21-13-9-7-6-8-12(13)20-14/h6-9H,5,10-11H2,1-4H3/t18-,19+/m1/s1. The second-order valence-electron chi connectivity index (χ2n) is 7.49. The number of rotatable bonds is 2. The highest BCUT2D eigenvalue weighted by Gasteiger charge is 2.73. The number of hydrogen-bond acceptors (Lipinski definition) is 4. The summed E-state index contributed by atoms with van der Waals surface area (Å²) in [4.78, 5) is 22.8. The minimum atomic E-state index is -0.676. The van der Waals surface area contributed by atoms with Crippen LogP contribution >= 0.6 is 0 Å². The molecule has 1 aromatic carbocycles. The van der Waals surface area contributed by atoms with Crippen LogP contribution in [0.25, 0.3) is 11.0 Å². The lowest BCUT2D eigenvalue weighted by Gasteiger charge is -2.38. The van der Waals surface area contributed by atoms with E-state index in [0.29, 0.717) is 6.61 Å². The molecule has 23 heavy (non-hydrogen) atoms. The smallest absolute Gasteiger partial charge is 0.318 e. The molecule has 0 N–H and O–H groups in total. The van der Waals surface area contributed by atoms with Gasteiger partial charge >= 0.3 is 5.97 Å². The molecular weight excluding hydrogens is 288 g/mol. The number of benzene rings is 1. The van der Waals surface area contributed by atoms with Gasteiger partial charge in [0, 0.05) is 5.41 Å². The van der Waals surface area contributed by atoms with Crippen molar-refractivity contribution in [3.05, 3.63) is 35.7 Å². The number of nitrogens with zero attached hydrogens (tertiary/aromatic N) is 2. The van der Waals surface area contributed by atoms with Crippen molar-refractivity contribution in [1.82, 2.24) is 9.97 Å². The molecule has 2 aliphatic rings. The van der Waals surface area contributed by atoms with Crippen LogP contribution in [0.2, 0.25) is 0 Å². The molecule has 1 fully saturated rings. The third-order valence-electron chi connectivity index (χ3n) is 6.57. The Morgan fingerprint density at radius 1 is 1.09 bits per heavy atom. The van der Waals surface area contributed by atoms with Crippen LogP contribution in [0.3, 0.4) is 0 Å². The van der Waals surface area contributed by atoms with Gasteiger partial charge in [0.05, 0.1) is 29.0 Å². The van der Waals surface area contributed by atoms with Crippen LogP contribution in [0.4, 0.5) is 0 Å². The fourth-order valence-corrected chi connectivity index (χ4v) is 4.75. The monoisotopic (exact) mass is 310 g/mol. The molecule has 0 amide bonds. The van der Waals surface area contributed by atoms with E-state index in [-0.39, 0.29) is 16.8 Å². The van der Waals surface area contributed by atoms with Crippen LogP contribution in [0.5, 0.6) is 0 Å². The Morgan fingerprint density at radius 3 is 2.30 bits per heavy atom. The van der Waals surface area contributed by atoms with E-state index in [1.807, 2.05) is 31.2 Å². The Kier molecular flexibility index (Phi) is 2.74. The quantitative estimate of drug-likeness (QED) is 0.796. The van der Waals surface area contributed by atoms with E-state index in [4.69, 9.17) is 14.7 Å². The predicted molar refractivity (Wildman–Crippen MR) is 88.2 cm³/mol. The minimum Gasteiger partial charge on any atom is -0.465 e. The first-order chi connectivity index (χ1) is 10.9. The number of para-hydroxylation sites is 2. The maximum Gasteiger partial charge on any atom is 0.318 e. The number of esters is 1. The topological polar surface area (TPSA) is 52.1 Å². The van der Waals surface area contributed by atoms with E-state index in [9.17, 15) is 4.79 Å². The number of hydrogen-bond donors (Lipinski definition) is 0. The fraction of sp³-hybridized carbons (Fsp3) is 0.526. The molecule has 4 rings (SSSR count). The molecule has 4 nitrogen and oxygen atoms in total. The van der Waals surface area contributed by atoms with Crippen molar-refractivity contribution in [2.45, 2.75) is 51.4 Å². The van der Waals surface area contributed by atoms with Crippen LogP contribution in [-0.4, -0.2) is 22.5 Å². The van der Waals surface area contributed by atoms with Gasteiger partial charge in [-0.2, -0.15) is 0 Å². The lowest BCUT2D eigenvalue weighted by molar-refractivity contribution is -0.154. The zero-order valence-electron chi connectivity index (χ0n) is 14.1. The van der Waals surface area contributed by atoms with Gasteiger partial charge in [-0.25, -0.2) is 9.97 Å². The fourth-order valence-electron chi connectivity index (χ4n) is 4.75. The van der Waals surface area contributed by atoms with E-state index in [1.54, 1.807) is 0 Å². The van der Waals surface area contributed by atoms with E-state index in [0.717, 1.165) is 35.3 Å². The molecule has 120 valence electrons. The number of fused-ring (bicyclic) bond motifs is 6. The van der Waals surface area contributed by atoms with Crippen molar-refractivity contribution in [3.8, 4) is 0 Å². The molecule has 1 aromatic heterocycles. The largest absolute Gasteiger partial charge is 0.465 e. The molecule has 0 aliphatic heterocycles. The van der Waals surface area contributed by atoms with Crippen LogP contribution in [0.15, 0.2) is 24.3 Å². The van der Waals surface area contributed by atoms with Crippen LogP contribution in [-0.2, 0) is 20.4 Å². The second kappa shape index (κ2) is 4.31. The maximum absolute atomic E-state index is 13.0. The third kappa shape index (κ3) is 1.45. The zero-order chi connectivity index (χ0) is 16.5. The Morgan fingerprint density at radius 2 is 1.70 bits per heavy atom. The molecule has 0 saturated heterocycles. The predicted octanol–water partition coefficient (Wildman–Crippen LogP) is 3.52. The van der Waals surface area contributed by atoms with Crippen molar-refractivity contribution in [1.29, 1.82) is 0 Å². The summed E-state index contributed by atoms with van der Waals surface area (Å²) in [5.74, 6) is -0.142. The number of carbonyl (C=O) groups excluding carboxylic acids is 1. The number of ether oxygens (including phenoxy) is 1. The van der Waals surface area contributed by atoms with Gasteiger partial charge in [-0.1, -0.05) is 32.9 Å². The van der Waals surface area contributed by atoms with Crippen LogP contribution in [0.1, 0.15) is 51.9 Å². The first-order valence-electron chi connectivity index (χ1n) is 8.33. The molecule has 2 aliphatic carbocycles. The van der Waals surface area contributed by atoms with E-state index in [2.05, 4.69) is 20.8 Å². The molecule has 0 unspecified atom stereocenters. The third-order valence-corrected chi connectivity index (χ3v) is 6.57. The Hall–Kier alpha value is -1.97. The summed E-state index contributed by atoms with van der Waals surface area (Å²) in [6.45, 7) is 8.82. The first-order valence-corrected chi connectivity index (χ1v) is 8.33. The van der Waals surface area contributed by atoms with Crippen LogP contribution in [0, 0.1) is 5.41 Å². The Labute approximate surface area is 136 Å². The van der Waals surface area contributed by atoms with Crippen molar-refractivity contribution >= 4 is 17.0 Å². The molecule has 2 aromatic rings. The second-order valence-corrected chi connectivity index (χ2v) is 7.49. The van der Waals surface area contributed by atoms with Crippen molar-refractivity contribution in [2.75, 3.05) is 6.61 Å². The van der Waals surface area contributed by atoms with Crippen molar-refractivity contribution in [3.63, 3.8) is 0 Å². The average Bonchev–Trinajstić information content (AvgIpc) is 2.82. The Balaban J connectivity index is 2.06. The molecule has 1 saturated carbocycles. The molecule has 1 heterocycles. The highest BCUT2D eigenvalue weighted by atomic mass is 16.5. The molecule has 2 bridgehead atoms. The molecule has 0 spiro atoms. The van der Waals surface area contributed by atoms with Crippen molar-refractivity contribution in [2.24, 2.45) is 5.41 Å². The molecular formula is C19H22N2O2. The van der Waals surface area contributed by atoms with Crippen molar-refractivity contribution < 1.29 is 9.53 Å². The van der Waals surface area contributed by atoms with Gasteiger partial charge in [-0.05, 0) is 37.3 Å². The average molecular weight is 310 g/mol. The number of aromatic nitrogens is 2. The highest BCUT2D eigenvalue weighted by molar-refractivity contribution is 5.89. The van der Waals surface area contributed by atoms with E-state index >= 15 is 0 Å². The van der Waals surface area contributed by atoms with E-state index < -0.39 is 5.41 Å².